The third-order valence-corrected chi connectivity index (χ3v) is 5.18. The van der Waals surface area contributed by atoms with Crippen LogP contribution in [0.25, 0.3) is 11.2 Å². The number of imidazole rings is 1. The molecule has 0 bridgehead atoms. The predicted molar refractivity (Wildman–Crippen MR) is 104 cm³/mol. The van der Waals surface area contributed by atoms with E-state index >= 15 is 0 Å². The first-order chi connectivity index (χ1) is 13.2. The highest BCUT2D eigenvalue weighted by Crippen LogP contribution is 2.35. The van der Waals surface area contributed by atoms with Crippen LogP contribution in [0.1, 0.15) is 6.92 Å². The molecule has 12 heteroatoms. The Morgan fingerprint density at radius 1 is 1.29 bits per heavy atom. The summed E-state index contributed by atoms with van der Waals surface area (Å²) in [4.78, 5) is 31.7. The molecule has 3 aromatic rings. The molecule has 0 aliphatic rings. The maximum Gasteiger partial charge on any atom is 0.350 e. The van der Waals surface area contributed by atoms with Crippen LogP contribution in [0.4, 0.5) is 5.95 Å². The van der Waals surface area contributed by atoms with Crippen LogP contribution in [0.5, 0.6) is 5.75 Å². The first-order valence-electron chi connectivity index (χ1n) is 8.21. The van der Waals surface area contributed by atoms with E-state index in [9.17, 15) is 4.57 Å². The number of aromatic nitrogens is 4. The van der Waals surface area contributed by atoms with Gasteiger partial charge >= 0.3 is 7.60 Å². The Bertz CT molecular complexity index is 1010. The van der Waals surface area contributed by atoms with Gasteiger partial charge in [0.1, 0.15) is 22.6 Å². The van der Waals surface area contributed by atoms with Crippen molar-refractivity contribution < 1.29 is 23.8 Å². The molecule has 1 aromatic carbocycles. The number of hydrogen-bond acceptors (Lipinski definition) is 8. The number of anilines is 1. The number of nitrogen functional groups attached to an aromatic ring is 1. The second-order valence-corrected chi connectivity index (χ2v) is 8.65. The SMILES string of the molecule is COc1ccc(Sc2nc(N)nc3c2ncn3C[C@@H](C)OCP(=O)(O)O)cc1. The average Bonchev–Trinajstić information content (AvgIpc) is 3.03. The Kier molecular flexibility index (Phi) is 6.21. The molecule has 28 heavy (non-hydrogen) atoms. The Morgan fingerprint density at radius 2 is 2.00 bits per heavy atom. The molecule has 10 nitrogen and oxygen atoms in total. The molecule has 0 unspecified atom stereocenters. The van der Waals surface area contributed by atoms with Gasteiger partial charge in [-0.15, -0.1) is 0 Å². The van der Waals surface area contributed by atoms with Crippen LogP contribution < -0.4 is 10.5 Å². The van der Waals surface area contributed by atoms with E-state index in [2.05, 4.69) is 15.0 Å². The Morgan fingerprint density at radius 3 is 2.64 bits per heavy atom. The first kappa shape index (κ1) is 20.6. The number of hydrogen-bond donors (Lipinski definition) is 3. The lowest BCUT2D eigenvalue weighted by atomic mass is 10.3. The molecular formula is C16H20N5O5PS. The van der Waals surface area contributed by atoms with Gasteiger partial charge in [0.05, 0.1) is 26.1 Å². The van der Waals surface area contributed by atoms with Crippen molar-refractivity contribution in [3.05, 3.63) is 30.6 Å². The fraction of sp³-hybridized carbons (Fsp3) is 0.312. The number of nitrogens with two attached hydrogens (primary N) is 1. The predicted octanol–water partition coefficient (Wildman–Crippen LogP) is 2.11. The molecule has 0 saturated carbocycles. The molecule has 1 atom stereocenters. The number of fused-ring (bicyclic) bond motifs is 1. The lowest BCUT2D eigenvalue weighted by Gasteiger charge is -2.14. The van der Waals surface area contributed by atoms with E-state index in [1.54, 1.807) is 24.9 Å². The zero-order valence-electron chi connectivity index (χ0n) is 15.2. The molecule has 0 aliphatic carbocycles. The van der Waals surface area contributed by atoms with Crippen LogP contribution in [0.2, 0.25) is 0 Å². The second kappa shape index (κ2) is 8.46. The van der Waals surface area contributed by atoms with Crippen LogP contribution in [0.15, 0.2) is 40.5 Å². The molecule has 2 aromatic heterocycles. The maximum atomic E-state index is 11.0. The summed E-state index contributed by atoms with van der Waals surface area (Å²) in [5.41, 5.74) is 6.97. The van der Waals surface area contributed by atoms with Crippen molar-refractivity contribution in [2.45, 2.75) is 29.5 Å². The van der Waals surface area contributed by atoms with Gasteiger partial charge in [-0.05, 0) is 31.2 Å². The van der Waals surface area contributed by atoms with Crippen molar-refractivity contribution in [3.63, 3.8) is 0 Å². The maximum absolute atomic E-state index is 11.0. The molecular weight excluding hydrogens is 405 g/mol. The smallest absolute Gasteiger partial charge is 0.350 e. The van der Waals surface area contributed by atoms with Gasteiger partial charge in [-0.3, -0.25) is 4.57 Å². The van der Waals surface area contributed by atoms with Gasteiger partial charge in [0, 0.05) is 4.90 Å². The topological polar surface area (TPSA) is 146 Å². The highest BCUT2D eigenvalue weighted by atomic mass is 32.2. The number of benzene rings is 1. The van der Waals surface area contributed by atoms with Crippen LogP contribution in [0.3, 0.4) is 0 Å². The van der Waals surface area contributed by atoms with Crippen LogP contribution in [-0.4, -0.2) is 48.9 Å². The van der Waals surface area contributed by atoms with Crippen LogP contribution in [0, 0.1) is 0 Å². The number of methoxy groups -OCH3 is 1. The summed E-state index contributed by atoms with van der Waals surface area (Å²) < 4.78 is 23.0. The summed E-state index contributed by atoms with van der Waals surface area (Å²) in [6.07, 6.45) is 0.476. The van der Waals surface area contributed by atoms with E-state index in [4.69, 9.17) is 25.0 Å². The van der Waals surface area contributed by atoms with Crippen molar-refractivity contribution in [1.82, 2.24) is 19.5 Å². The summed E-state index contributed by atoms with van der Waals surface area (Å²) >= 11 is 1.40. The highest BCUT2D eigenvalue weighted by molar-refractivity contribution is 7.99. The number of nitrogens with zero attached hydrogens (tertiary/aromatic N) is 4. The summed E-state index contributed by atoms with van der Waals surface area (Å²) in [5.74, 6) is 0.860. The molecule has 0 fully saturated rings. The molecule has 0 amide bonds. The van der Waals surface area contributed by atoms with Crippen molar-refractivity contribution in [2.75, 3.05) is 19.2 Å². The van der Waals surface area contributed by atoms with Gasteiger partial charge < -0.3 is 29.6 Å². The van der Waals surface area contributed by atoms with E-state index in [1.807, 2.05) is 24.3 Å². The highest BCUT2D eigenvalue weighted by Gasteiger charge is 2.18. The molecule has 3 rings (SSSR count). The van der Waals surface area contributed by atoms with Gasteiger partial charge in [0.2, 0.25) is 5.95 Å². The molecule has 150 valence electrons. The fourth-order valence-corrected chi connectivity index (χ4v) is 3.77. The Hall–Kier alpha value is -2.17. The van der Waals surface area contributed by atoms with Gasteiger partial charge in [-0.25, -0.2) is 9.97 Å². The van der Waals surface area contributed by atoms with Crippen molar-refractivity contribution in [3.8, 4) is 5.75 Å². The number of ether oxygens (including phenoxy) is 2. The largest absolute Gasteiger partial charge is 0.497 e. The minimum Gasteiger partial charge on any atom is -0.497 e. The van der Waals surface area contributed by atoms with Gasteiger partial charge in [0.15, 0.2) is 5.65 Å². The molecule has 0 saturated heterocycles. The molecule has 2 heterocycles. The fourth-order valence-electron chi connectivity index (χ4n) is 2.45. The summed E-state index contributed by atoms with van der Waals surface area (Å²) in [6.45, 7) is 2.01. The van der Waals surface area contributed by atoms with Crippen molar-refractivity contribution in [1.29, 1.82) is 0 Å². The monoisotopic (exact) mass is 425 g/mol. The number of rotatable bonds is 8. The lowest BCUT2D eigenvalue weighted by molar-refractivity contribution is 0.0764. The molecule has 0 radical (unpaired) electrons. The summed E-state index contributed by atoms with van der Waals surface area (Å²) in [5, 5.41) is 0.607. The minimum absolute atomic E-state index is 0.106. The van der Waals surface area contributed by atoms with Crippen molar-refractivity contribution >= 4 is 36.5 Å². The molecule has 0 aliphatic heterocycles. The zero-order chi connectivity index (χ0) is 20.3. The quantitative estimate of drug-likeness (QED) is 0.362. The van der Waals surface area contributed by atoms with Crippen LogP contribution >= 0.6 is 19.4 Å². The van der Waals surface area contributed by atoms with E-state index in [1.165, 1.54) is 11.8 Å². The zero-order valence-corrected chi connectivity index (χ0v) is 16.9. The lowest BCUT2D eigenvalue weighted by Crippen LogP contribution is -2.17. The molecule has 0 spiro atoms. The van der Waals surface area contributed by atoms with Gasteiger partial charge in [-0.1, -0.05) is 11.8 Å². The second-order valence-electron chi connectivity index (χ2n) is 6.00. The van der Waals surface area contributed by atoms with E-state index in [0.717, 1.165) is 10.6 Å². The standard InChI is InChI=1S/C16H20N5O5PS/c1-10(26-9-27(22,23)24)7-21-8-18-13-14(21)19-16(17)20-15(13)28-12-5-3-11(25-2)4-6-12/h3-6,8,10H,7,9H2,1-2H3,(H2,17,19,20)(H2,22,23,24)/t10-/m1/s1. The van der Waals surface area contributed by atoms with Crippen LogP contribution in [-0.2, 0) is 15.8 Å². The summed E-state index contributed by atoms with van der Waals surface area (Å²) in [6, 6.07) is 7.51. The Labute approximate surface area is 165 Å². The normalized spacial score (nSPS) is 13.0. The minimum atomic E-state index is -4.22. The molecule has 4 N–H and O–H groups in total. The van der Waals surface area contributed by atoms with E-state index in [0.29, 0.717) is 22.7 Å². The average molecular weight is 425 g/mol. The van der Waals surface area contributed by atoms with Crippen molar-refractivity contribution in [2.24, 2.45) is 0 Å². The van der Waals surface area contributed by atoms with Gasteiger partial charge in [0.25, 0.3) is 0 Å². The first-order valence-corrected chi connectivity index (χ1v) is 10.8. The van der Waals surface area contributed by atoms with Gasteiger partial charge in [-0.2, -0.15) is 4.98 Å². The third kappa shape index (κ3) is 5.21. The third-order valence-electron chi connectivity index (χ3n) is 3.70. The Balaban J connectivity index is 1.82. The van der Waals surface area contributed by atoms with E-state index < -0.39 is 20.0 Å². The van der Waals surface area contributed by atoms with E-state index in [-0.39, 0.29) is 5.95 Å². The summed E-state index contributed by atoms with van der Waals surface area (Å²) in [7, 11) is -2.62.